The molecule has 1 aliphatic heterocycles. The normalized spacial score (nSPS) is 26.6. The van der Waals surface area contributed by atoms with Crippen molar-refractivity contribution in [2.45, 2.75) is 103 Å². The molecule has 1 aromatic carbocycles. The van der Waals surface area contributed by atoms with Gasteiger partial charge in [-0.3, -0.25) is 14.5 Å². The van der Waals surface area contributed by atoms with E-state index < -0.39 is 6.10 Å². The number of benzene rings is 1. The summed E-state index contributed by atoms with van der Waals surface area (Å²) in [5.74, 6) is 0.0815. The van der Waals surface area contributed by atoms with Gasteiger partial charge in [0.05, 0.1) is 18.8 Å². The van der Waals surface area contributed by atoms with Gasteiger partial charge in [-0.1, -0.05) is 57.0 Å². The first kappa shape index (κ1) is 32.6. The van der Waals surface area contributed by atoms with Crippen LogP contribution in [0.25, 0.3) is 16.5 Å². The molecule has 1 aromatic heterocycles. The van der Waals surface area contributed by atoms with E-state index >= 15 is 0 Å². The third-order valence-electron chi connectivity index (χ3n) is 10.4. The van der Waals surface area contributed by atoms with Crippen LogP contribution in [0.1, 0.15) is 89.2 Å². The van der Waals surface area contributed by atoms with Crippen LogP contribution in [0.3, 0.4) is 0 Å². The number of carbonyl (C=O) groups is 2. The highest BCUT2D eigenvalue weighted by molar-refractivity contribution is 5.98. The van der Waals surface area contributed by atoms with Crippen molar-refractivity contribution >= 4 is 28.2 Å². The number of nitrogens with zero attached hydrogens (tertiary/aromatic N) is 1. The number of rotatable bonds is 15. The monoisotopic (exact) mass is 604 g/mol. The van der Waals surface area contributed by atoms with E-state index in [0.29, 0.717) is 44.8 Å². The predicted molar refractivity (Wildman–Crippen MR) is 175 cm³/mol. The molecule has 0 radical (unpaired) electrons. The Bertz CT molecular complexity index is 1340. The van der Waals surface area contributed by atoms with Crippen molar-refractivity contribution in [3.05, 3.63) is 53.8 Å². The topological polar surface area (TPSA) is 103 Å². The smallest absolute Gasteiger partial charge is 0.305 e. The van der Waals surface area contributed by atoms with Crippen LogP contribution in [0.15, 0.2) is 42.6 Å². The number of Topliss-reactive ketones (excluding diaryl/α,β-unsaturated/α-hetero) is 1. The van der Waals surface area contributed by atoms with Crippen LogP contribution in [-0.4, -0.2) is 70.3 Å². The zero-order chi connectivity index (χ0) is 31.2. The van der Waals surface area contributed by atoms with Crippen LogP contribution >= 0.6 is 0 Å². The molecule has 1 saturated carbocycles. The number of fused-ring (bicyclic) bond motifs is 2. The number of aliphatic hydroxyl groups is 2. The molecular weight excluding hydrogens is 552 g/mol. The standard InChI is InChI=1S/C37H52N2O5/c1-4-5-11-24(2)33(40)17-16-28-27(34(41)20-35(28)42)12-8-6-7-9-15-36(43)44-23-25-18-30-29-13-10-14-31-37(29)26(21-38-31)19-32(30)39(3)22-25/h6,8,10,13-14,18,21,24-25,27-28,32-33,35,38,40,42H,4-5,7,9,11-12,15-17,19-20,22-23H2,1-3H3/t24-,25-,27-,28-,32-,33-,35-/m1/s1. The molecule has 0 unspecified atom stereocenters. The van der Waals surface area contributed by atoms with Gasteiger partial charge in [0.15, 0.2) is 0 Å². The van der Waals surface area contributed by atoms with Crippen LogP contribution in [0.2, 0.25) is 0 Å². The van der Waals surface area contributed by atoms with Gasteiger partial charge >= 0.3 is 5.97 Å². The van der Waals surface area contributed by atoms with Gasteiger partial charge in [-0.15, -0.1) is 0 Å². The van der Waals surface area contributed by atoms with Crippen molar-refractivity contribution in [1.29, 1.82) is 0 Å². The number of likely N-dealkylation sites (N-methyl/N-ethyl adjacent to an activating group) is 1. The van der Waals surface area contributed by atoms with Crippen molar-refractivity contribution in [1.82, 2.24) is 9.88 Å². The maximum Gasteiger partial charge on any atom is 0.305 e. The number of ether oxygens (including phenoxy) is 1. The van der Waals surface area contributed by atoms with Gasteiger partial charge in [0, 0.05) is 54.4 Å². The molecule has 7 heteroatoms. The number of aliphatic hydroxyl groups excluding tert-OH is 2. The van der Waals surface area contributed by atoms with E-state index in [2.05, 4.69) is 61.3 Å². The molecule has 7 nitrogen and oxygen atoms in total. The number of aromatic nitrogens is 1. The quantitative estimate of drug-likeness (QED) is 0.127. The Morgan fingerprint density at radius 1 is 1.20 bits per heavy atom. The molecule has 1 fully saturated rings. The van der Waals surface area contributed by atoms with Crippen molar-refractivity contribution in [3.63, 3.8) is 0 Å². The number of hydrogen-bond acceptors (Lipinski definition) is 6. The maximum atomic E-state index is 12.6. The van der Waals surface area contributed by atoms with E-state index in [1.165, 1.54) is 27.6 Å². The lowest BCUT2D eigenvalue weighted by atomic mass is 9.80. The van der Waals surface area contributed by atoms with Gasteiger partial charge in [0.25, 0.3) is 0 Å². The number of ketones is 1. The van der Waals surface area contributed by atoms with Gasteiger partial charge < -0.3 is 19.9 Å². The fraction of sp³-hybridized carbons (Fsp3) is 0.622. The molecule has 3 N–H and O–H groups in total. The minimum atomic E-state index is -0.614. The minimum Gasteiger partial charge on any atom is -0.465 e. The van der Waals surface area contributed by atoms with Crippen LogP contribution in [-0.2, 0) is 20.7 Å². The summed E-state index contributed by atoms with van der Waals surface area (Å²) < 4.78 is 5.72. The van der Waals surface area contributed by atoms with Crippen molar-refractivity contribution in [2.24, 2.45) is 23.7 Å². The first-order chi connectivity index (χ1) is 21.3. The third-order valence-corrected chi connectivity index (χ3v) is 10.4. The van der Waals surface area contributed by atoms with Gasteiger partial charge in [-0.2, -0.15) is 0 Å². The number of H-pyrrole nitrogens is 1. The highest BCUT2D eigenvalue weighted by Gasteiger charge is 2.40. The first-order valence-corrected chi connectivity index (χ1v) is 17.0. The number of unbranched alkanes of at least 4 members (excludes halogenated alkanes) is 2. The first-order valence-electron chi connectivity index (χ1n) is 17.0. The number of allylic oxidation sites excluding steroid dienone is 2. The number of esters is 1. The Morgan fingerprint density at radius 3 is 2.86 bits per heavy atom. The van der Waals surface area contributed by atoms with Gasteiger partial charge in [0.1, 0.15) is 5.78 Å². The second-order valence-corrected chi connectivity index (χ2v) is 13.6. The van der Waals surface area contributed by atoms with Crippen LogP contribution in [0, 0.1) is 23.7 Å². The summed E-state index contributed by atoms with van der Waals surface area (Å²) in [5.41, 5.74) is 5.19. The van der Waals surface area contributed by atoms with Crippen LogP contribution in [0.5, 0.6) is 0 Å². The lowest BCUT2D eigenvalue weighted by Gasteiger charge is -2.39. The summed E-state index contributed by atoms with van der Waals surface area (Å²) in [6.45, 7) is 5.50. The van der Waals surface area contributed by atoms with Crippen LogP contribution < -0.4 is 0 Å². The Balaban J connectivity index is 1.03. The highest BCUT2D eigenvalue weighted by atomic mass is 16.5. The molecule has 3 aliphatic rings. The summed E-state index contributed by atoms with van der Waals surface area (Å²) in [6, 6.07) is 6.79. The number of nitrogens with one attached hydrogen (secondary N) is 1. The summed E-state index contributed by atoms with van der Waals surface area (Å²) in [6.07, 6.45) is 15.7. The molecule has 240 valence electrons. The molecule has 2 aliphatic carbocycles. The Hall–Kier alpha value is -2.74. The molecule has 44 heavy (non-hydrogen) atoms. The summed E-state index contributed by atoms with van der Waals surface area (Å²) in [4.78, 5) is 30.9. The second kappa shape index (κ2) is 15.0. The van der Waals surface area contributed by atoms with Crippen molar-refractivity contribution in [3.8, 4) is 0 Å². The molecule has 0 saturated heterocycles. The fourth-order valence-corrected chi connectivity index (χ4v) is 7.73. The summed E-state index contributed by atoms with van der Waals surface area (Å²) in [7, 11) is 2.16. The maximum absolute atomic E-state index is 12.6. The molecular formula is C37H52N2O5. The molecule has 0 bridgehead atoms. The SMILES string of the molecule is CCCC[C@@H](C)[C@H](O)CC[C@H]1[C@H](O)CC(=O)[C@@H]1CC=CCCCC(=O)OC[C@@H]1C=C2c3cccc4[nH]cc(c34)C[C@H]2N(C)C1. The molecule has 2 aromatic rings. The minimum absolute atomic E-state index is 0.0918. The van der Waals surface area contributed by atoms with Crippen molar-refractivity contribution in [2.75, 3.05) is 20.2 Å². The van der Waals surface area contributed by atoms with Gasteiger partial charge in [-0.25, -0.2) is 0 Å². The second-order valence-electron chi connectivity index (χ2n) is 13.6. The number of carbonyl (C=O) groups excluding carboxylic acids is 2. The zero-order valence-electron chi connectivity index (χ0n) is 26.8. The van der Waals surface area contributed by atoms with E-state index in [0.717, 1.165) is 38.6 Å². The van der Waals surface area contributed by atoms with E-state index in [1.807, 2.05) is 12.2 Å². The lowest BCUT2D eigenvalue weighted by molar-refractivity contribution is -0.144. The van der Waals surface area contributed by atoms with E-state index in [9.17, 15) is 19.8 Å². The Labute approximate surface area is 262 Å². The largest absolute Gasteiger partial charge is 0.465 e. The highest BCUT2D eigenvalue weighted by Crippen LogP contribution is 2.41. The predicted octanol–water partition coefficient (Wildman–Crippen LogP) is 6.23. The average molecular weight is 605 g/mol. The number of aromatic amines is 1. The van der Waals surface area contributed by atoms with Crippen molar-refractivity contribution < 1.29 is 24.5 Å². The molecule has 0 amide bonds. The van der Waals surface area contributed by atoms with Gasteiger partial charge in [-0.05, 0) is 86.6 Å². The summed E-state index contributed by atoms with van der Waals surface area (Å²) in [5, 5.41) is 22.4. The lowest BCUT2D eigenvalue weighted by Crippen LogP contribution is -2.43. The van der Waals surface area contributed by atoms with E-state index in [1.54, 1.807) is 0 Å². The van der Waals surface area contributed by atoms with Gasteiger partial charge in [0.2, 0.25) is 0 Å². The Kier molecular flexibility index (Phi) is 11.2. The molecule has 0 spiro atoms. The summed E-state index contributed by atoms with van der Waals surface area (Å²) >= 11 is 0. The molecule has 7 atom stereocenters. The number of hydrogen-bond donors (Lipinski definition) is 3. The molecule has 5 rings (SSSR count). The Morgan fingerprint density at radius 2 is 2.05 bits per heavy atom. The average Bonchev–Trinajstić information content (AvgIpc) is 3.55. The third kappa shape index (κ3) is 7.55. The van der Waals surface area contributed by atoms with Crippen LogP contribution in [0.4, 0.5) is 0 Å². The molecule has 2 heterocycles. The van der Waals surface area contributed by atoms with E-state index in [-0.39, 0.29) is 47.9 Å². The zero-order valence-corrected chi connectivity index (χ0v) is 26.8. The van der Waals surface area contributed by atoms with E-state index in [4.69, 9.17) is 4.74 Å². The fourth-order valence-electron chi connectivity index (χ4n) is 7.73.